The van der Waals surface area contributed by atoms with Gasteiger partial charge in [0.1, 0.15) is 5.75 Å². The molecule has 2 rings (SSSR count). The molecule has 116 valence electrons. The van der Waals surface area contributed by atoms with Crippen LogP contribution < -0.4 is 9.64 Å². The lowest BCUT2D eigenvalue weighted by atomic mass is 10.2. The molecule has 1 aliphatic rings. The molecule has 1 saturated heterocycles. The molecule has 1 aromatic rings. The van der Waals surface area contributed by atoms with E-state index < -0.39 is 19.2 Å². The second-order valence-corrected chi connectivity index (χ2v) is 5.26. The van der Waals surface area contributed by atoms with Crippen molar-refractivity contribution in [3.63, 3.8) is 0 Å². The van der Waals surface area contributed by atoms with E-state index in [2.05, 4.69) is 4.85 Å². The summed E-state index contributed by atoms with van der Waals surface area (Å²) in [5.41, 5.74) is 0.325. The Balaban J connectivity index is 2.28. The highest BCUT2D eigenvalue weighted by Gasteiger charge is 2.31. The maximum absolute atomic E-state index is 12.2. The third-order valence-electron chi connectivity index (χ3n) is 2.74. The Morgan fingerprint density at radius 3 is 2.73 bits per heavy atom. The Hall–Kier alpha value is -2.21. The van der Waals surface area contributed by atoms with Crippen LogP contribution in [0.3, 0.4) is 0 Å². The summed E-state index contributed by atoms with van der Waals surface area (Å²) < 4.78 is 41.6. The molecule has 9 heteroatoms. The molecule has 0 unspecified atom stereocenters. The van der Waals surface area contributed by atoms with Crippen molar-refractivity contribution in [3.05, 3.63) is 29.6 Å². The molecular weight excluding hydrogens is 319 g/mol. The molecule has 0 aromatic heterocycles. The number of halogens is 3. The summed E-state index contributed by atoms with van der Waals surface area (Å²) in [5, 5.41) is 7.68. The lowest BCUT2D eigenvalue weighted by molar-refractivity contribution is -0.139. The van der Waals surface area contributed by atoms with Gasteiger partial charge in [-0.1, -0.05) is 17.8 Å². The van der Waals surface area contributed by atoms with Crippen LogP contribution in [0.15, 0.2) is 18.2 Å². The number of hydrogen-bond donors (Lipinski definition) is 1. The molecule has 22 heavy (non-hydrogen) atoms. The van der Waals surface area contributed by atoms with Gasteiger partial charge in [0.15, 0.2) is 10.9 Å². The van der Waals surface area contributed by atoms with Crippen LogP contribution in [-0.2, 0) is 4.79 Å². The molecule has 0 aliphatic carbocycles. The van der Waals surface area contributed by atoms with Crippen LogP contribution in [0.5, 0.6) is 5.75 Å². The zero-order valence-corrected chi connectivity index (χ0v) is 11.9. The fraction of sp³-hybridized carbons (Fsp3) is 0.308. The third-order valence-corrected chi connectivity index (χ3v) is 3.59. The van der Waals surface area contributed by atoms with Gasteiger partial charge >= 0.3 is 6.18 Å². The van der Waals surface area contributed by atoms with Crippen molar-refractivity contribution in [2.24, 2.45) is 0 Å². The van der Waals surface area contributed by atoms with Gasteiger partial charge in [-0.2, -0.15) is 13.2 Å². The van der Waals surface area contributed by atoms with E-state index in [1.807, 2.05) is 0 Å². The number of ether oxygens (including phenoxy) is 1. The first kappa shape index (κ1) is 16.2. The fourth-order valence-corrected chi connectivity index (χ4v) is 2.48. The molecule has 0 atom stereocenters. The zero-order chi connectivity index (χ0) is 16.3. The fourth-order valence-electron chi connectivity index (χ4n) is 1.77. The van der Waals surface area contributed by atoms with E-state index in [1.165, 1.54) is 18.2 Å². The average Bonchev–Trinajstić information content (AvgIpc) is 2.77. The number of carbonyl (C=O) groups excluding carboxylic acids is 1. The standard InChI is InChI=1S/C13H10F3N3O2S/c1-18-8-2-3-10(21-5-4-13(14,15)16)9(6-8)19-11(20)7-22-12(19)17/h2-3,6,17H,4-5,7H2. The second kappa shape index (κ2) is 6.27. The van der Waals surface area contributed by atoms with Gasteiger partial charge < -0.3 is 4.74 Å². The van der Waals surface area contributed by atoms with E-state index in [0.717, 1.165) is 16.7 Å². The maximum Gasteiger partial charge on any atom is 0.392 e. The Labute approximate surface area is 128 Å². The van der Waals surface area contributed by atoms with Crippen molar-refractivity contribution in [3.8, 4) is 5.75 Å². The minimum atomic E-state index is -4.34. The van der Waals surface area contributed by atoms with Crippen molar-refractivity contribution < 1.29 is 22.7 Å². The number of thioether (sulfide) groups is 1. The zero-order valence-electron chi connectivity index (χ0n) is 11.1. The summed E-state index contributed by atoms with van der Waals surface area (Å²) >= 11 is 1.01. The number of anilines is 1. The number of nitrogens with zero attached hydrogens (tertiary/aromatic N) is 2. The van der Waals surface area contributed by atoms with Gasteiger partial charge in [-0.25, -0.2) is 4.85 Å². The Morgan fingerprint density at radius 2 is 2.18 bits per heavy atom. The van der Waals surface area contributed by atoms with Crippen LogP contribution in [0.2, 0.25) is 0 Å². The van der Waals surface area contributed by atoms with Gasteiger partial charge in [0, 0.05) is 0 Å². The molecule has 1 N–H and O–H groups in total. The Kier molecular flexibility index (Phi) is 4.61. The number of amidine groups is 1. The SMILES string of the molecule is [C-]#[N+]c1ccc(OCCC(F)(F)F)c(N2C(=N)SCC2=O)c1. The first-order chi connectivity index (χ1) is 10.3. The van der Waals surface area contributed by atoms with E-state index in [4.69, 9.17) is 16.7 Å². The predicted octanol–water partition coefficient (Wildman–Crippen LogP) is 3.58. The van der Waals surface area contributed by atoms with Gasteiger partial charge in [-0.05, 0) is 12.1 Å². The Morgan fingerprint density at radius 1 is 1.45 bits per heavy atom. The van der Waals surface area contributed by atoms with Crippen LogP contribution in [0.4, 0.5) is 24.5 Å². The third kappa shape index (κ3) is 3.71. The first-order valence-corrected chi connectivity index (χ1v) is 7.06. The number of alkyl halides is 3. The van der Waals surface area contributed by atoms with Crippen LogP contribution in [0.1, 0.15) is 6.42 Å². The molecule has 1 aliphatic heterocycles. The van der Waals surface area contributed by atoms with Crippen LogP contribution in [-0.4, -0.2) is 29.6 Å². The molecule has 0 spiro atoms. The smallest absolute Gasteiger partial charge is 0.392 e. The van der Waals surface area contributed by atoms with Gasteiger partial charge in [-0.15, -0.1) is 0 Å². The van der Waals surface area contributed by atoms with E-state index >= 15 is 0 Å². The minimum absolute atomic E-state index is 0.0391. The van der Waals surface area contributed by atoms with Crippen molar-refractivity contribution >= 4 is 34.2 Å². The second-order valence-electron chi connectivity index (χ2n) is 4.30. The van der Waals surface area contributed by atoms with E-state index in [9.17, 15) is 18.0 Å². The maximum atomic E-state index is 12.2. The van der Waals surface area contributed by atoms with Crippen LogP contribution >= 0.6 is 11.8 Å². The summed E-state index contributed by atoms with van der Waals surface area (Å²) in [6.07, 6.45) is -5.47. The summed E-state index contributed by atoms with van der Waals surface area (Å²) in [5.74, 6) is -0.265. The largest absolute Gasteiger partial charge is 0.491 e. The van der Waals surface area contributed by atoms with Crippen molar-refractivity contribution in [1.29, 1.82) is 5.41 Å². The molecule has 0 saturated carbocycles. The van der Waals surface area contributed by atoms with Gasteiger partial charge in [0.05, 0.1) is 31.0 Å². The first-order valence-electron chi connectivity index (χ1n) is 6.07. The highest BCUT2D eigenvalue weighted by Crippen LogP contribution is 2.37. The number of nitrogens with one attached hydrogen (secondary N) is 1. The predicted molar refractivity (Wildman–Crippen MR) is 76.5 cm³/mol. The number of amides is 1. The van der Waals surface area contributed by atoms with Gasteiger partial charge in [0.2, 0.25) is 5.91 Å². The molecular formula is C13H10F3N3O2S. The van der Waals surface area contributed by atoms with Crippen LogP contribution in [0, 0.1) is 12.0 Å². The molecule has 5 nitrogen and oxygen atoms in total. The molecule has 1 fully saturated rings. The molecule has 0 radical (unpaired) electrons. The minimum Gasteiger partial charge on any atom is -0.491 e. The van der Waals surface area contributed by atoms with E-state index in [-0.39, 0.29) is 34.0 Å². The highest BCUT2D eigenvalue weighted by molar-refractivity contribution is 8.15. The lowest BCUT2D eigenvalue weighted by Gasteiger charge is -2.20. The number of rotatable bonds is 4. The van der Waals surface area contributed by atoms with Crippen molar-refractivity contribution in [1.82, 2.24) is 0 Å². The Bertz CT molecular complexity index is 639. The van der Waals surface area contributed by atoms with Crippen molar-refractivity contribution in [2.75, 3.05) is 17.3 Å². The van der Waals surface area contributed by atoms with Gasteiger partial charge in [-0.3, -0.25) is 15.1 Å². The van der Waals surface area contributed by atoms with E-state index in [0.29, 0.717) is 0 Å². The lowest BCUT2D eigenvalue weighted by Crippen LogP contribution is -2.29. The quantitative estimate of drug-likeness (QED) is 0.859. The van der Waals surface area contributed by atoms with Crippen LogP contribution in [0.25, 0.3) is 4.85 Å². The molecule has 1 heterocycles. The highest BCUT2D eigenvalue weighted by atomic mass is 32.2. The van der Waals surface area contributed by atoms with Gasteiger partial charge in [0.25, 0.3) is 0 Å². The molecule has 1 aromatic carbocycles. The summed E-state index contributed by atoms with van der Waals surface area (Å²) in [6, 6.07) is 4.05. The summed E-state index contributed by atoms with van der Waals surface area (Å²) in [6.45, 7) is 6.37. The van der Waals surface area contributed by atoms with E-state index in [1.54, 1.807) is 0 Å². The molecule has 1 amide bonds. The summed E-state index contributed by atoms with van der Waals surface area (Å²) in [4.78, 5) is 16.1. The summed E-state index contributed by atoms with van der Waals surface area (Å²) in [7, 11) is 0. The number of hydrogen-bond acceptors (Lipinski definition) is 4. The number of carbonyl (C=O) groups is 1. The normalized spacial score (nSPS) is 15.1. The average molecular weight is 329 g/mol. The number of benzene rings is 1. The van der Waals surface area contributed by atoms with Crippen molar-refractivity contribution in [2.45, 2.75) is 12.6 Å². The topological polar surface area (TPSA) is 57.8 Å². The monoisotopic (exact) mass is 329 g/mol. The molecule has 0 bridgehead atoms.